The van der Waals surface area contributed by atoms with E-state index in [2.05, 4.69) is 20.7 Å². The largest absolute Gasteiger partial charge is 0.241 e. The van der Waals surface area contributed by atoms with Gasteiger partial charge < -0.3 is 0 Å². The lowest BCUT2D eigenvalue weighted by molar-refractivity contribution is 0.559. The zero-order valence-electron chi connectivity index (χ0n) is 8.41. The third kappa shape index (κ3) is 2.59. The van der Waals surface area contributed by atoms with E-state index in [1.165, 1.54) is 0 Å². The molecule has 3 nitrogen and oxygen atoms in total. The zero-order chi connectivity index (χ0) is 11.8. The van der Waals surface area contributed by atoms with E-state index >= 15 is 0 Å². The molecule has 0 heterocycles. The van der Waals surface area contributed by atoms with Crippen molar-refractivity contribution < 1.29 is 8.42 Å². The molecule has 0 amide bonds. The molecule has 0 spiro atoms. The van der Waals surface area contributed by atoms with Crippen LogP contribution in [-0.2, 0) is 10.0 Å². The van der Waals surface area contributed by atoms with Crippen LogP contribution in [0.15, 0.2) is 33.6 Å². The van der Waals surface area contributed by atoms with Crippen molar-refractivity contribution in [3.05, 3.63) is 28.7 Å². The van der Waals surface area contributed by atoms with E-state index in [9.17, 15) is 8.42 Å². The van der Waals surface area contributed by atoms with Crippen LogP contribution in [-0.4, -0.2) is 19.8 Å². The zero-order valence-corrected chi connectivity index (χ0v) is 11.6. The minimum atomic E-state index is -3.44. The van der Waals surface area contributed by atoms with Crippen molar-refractivity contribution in [1.29, 1.82) is 0 Å². The van der Waals surface area contributed by atoms with Crippen molar-refractivity contribution in [3.63, 3.8) is 0 Å². The first-order chi connectivity index (χ1) is 7.47. The number of benzene rings is 1. The Morgan fingerprint density at radius 2 is 1.88 bits per heavy atom. The molecule has 16 heavy (non-hydrogen) atoms. The van der Waals surface area contributed by atoms with Gasteiger partial charge in [-0.15, -0.1) is 11.6 Å². The molecule has 2 rings (SSSR count). The highest BCUT2D eigenvalue weighted by molar-refractivity contribution is 9.10. The molecule has 1 fully saturated rings. The van der Waals surface area contributed by atoms with E-state index < -0.39 is 15.6 Å². The van der Waals surface area contributed by atoms with Crippen molar-refractivity contribution in [2.24, 2.45) is 0 Å². The van der Waals surface area contributed by atoms with Crippen LogP contribution in [0.5, 0.6) is 0 Å². The molecule has 88 valence electrons. The van der Waals surface area contributed by atoms with Crippen LogP contribution in [0.2, 0.25) is 0 Å². The van der Waals surface area contributed by atoms with Gasteiger partial charge in [0.1, 0.15) is 0 Å². The Bertz CT molecular complexity index is 482. The average Bonchev–Trinajstić information content (AvgIpc) is 2.98. The summed E-state index contributed by atoms with van der Waals surface area (Å²) in [7, 11) is -3.44. The van der Waals surface area contributed by atoms with Crippen LogP contribution in [0.4, 0.5) is 0 Å². The number of hydrogen-bond donors (Lipinski definition) is 1. The molecule has 0 bridgehead atoms. The first-order valence-electron chi connectivity index (χ1n) is 4.83. The van der Waals surface area contributed by atoms with Gasteiger partial charge in [0.15, 0.2) is 0 Å². The highest BCUT2D eigenvalue weighted by Gasteiger charge is 2.45. The van der Waals surface area contributed by atoms with Crippen LogP contribution >= 0.6 is 27.5 Å². The fourth-order valence-electron chi connectivity index (χ4n) is 1.37. The minimum Gasteiger partial charge on any atom is -0.207 e. The second-order valence-corrected chi connectivity index (χ2v) is 6.84. The van der Waals surface area contributed by atoms with E-state index in [0.717, 1.165) is 17.3 Å². The number of hydrogen-bond acceptors (Lipinski definition) is 2. The first-order valence-corrected chi connectivity index (χ1v) is 7.64. The van der Waals surface area contributed by atoms with Gasteiger partial charge in [-0.2, -0.15) is 0 Å². The second-order valence-electron chi connectivity index (χ2n) is 3.97. The third-order valence-corrected chi connectivity index (χ3v) is 5.22. The van der Waals surface area contributed by atoms with E-state index in [1.807, 2.05) is 0 Å². The molecule has 0 radical (unpaired) electrons. The summed E-state index contributed by atoms with van der Waals surface area (Å²) in [4.78, 5) is 0.270. The topological polar surface area (TPSA) is 46.2 Å². The second kappa shape index (κ2) is 4.29. The summed E-state index contributed by atoms with van der Waals surface area (Å²) in [6.07, 6.45) is 1.62. The quantitative estimate of drug-likeness (QED) is 0.865. The van der Waals surface area contributed by atoms with Gasteiger partial charge in [-0.3, -0.25) is 0 Å². The normalized spacial score (nSPS) is 18.4. The summed E-state index contributed by atoms with van der Waals surface area (Å²) in [6.45, 7) is 0. The van der Waals surface area contributed by atoms with E-state index in [0.29, 0.717) is 5.88 Å². The maximum Gasteiger partial charge on any atom is 0.241 e. The molecule has 1 aliphatic carbocycles. The third-order valence-electron chi connectivity index (χ3n) is 2.58. The van der Waals surface area contributed by atoms with E-state index in [4.69, 9.17) is 11.6 Å². The van der Waals surface area contributed by atoms with Crippen molar-refractivity contribution in [2.75, 3.05) is 5.88 Å². The van der Waals surface area contributed by atoms with Gasteiger partial charge in [-0.05, 0) is 37.1 Å². The molecule has 0 saturated heterocycles. The minimum absolute atomic E-state index is 0.270. The molecular weight excluding hydrogens is 314 g/mol. The Morgan fingerprint density at radius 3 is 2.31 bits per heavy atom. The first kappa shape index (κ1) is 12.4. The molecule has 0 aromatic heterocycles. The van der Waals surface area contributed by atoms with Crippen molar-refractivity contribution in [1.82, 2.24) is 4.72 Å². The molecule has 1 aromatic carbocycles. The molecule has 0 unspecified atom stereocenters. The number of nitrogens with one attached hydrogen (secondary N) is 1. The van der Waals surface area contributed by atoms with Crippen LogP contribution in [0.1, 0.15) is 12.8 Å². The lowest BCUT2D eigenvalue weighted by atomic mass is 10.4. The molecule has 1 aliphatic rings. The van der Waals surface area contributed by atoms with Crippen molar-refractivity contribution in [2.45, 2.75) is 23.3 Å². The molecule has 1 saturated carbocycles. The molecule has 1 N–H and O–H groups in total. The Kier molecular flexibility index (Phi) is 3.32. The average molecular weight is 325 g/mol. The number of alkyl halides is 1. The van der Waals surface area contributed by atoms with Crippen molar-refractivity contribution in [3.8, 4) is 0 Å². The summed E-state index contributed by atoms with van der Waals surface area (Å²) in [5, 5.41) is 0. The highest BCUT2D eigenvalue weighted by atomic mass is 79.9. The summed E-state index contributed by atoms with van der Waals surface area (Å²) < 4.78 is 27.5. The summed E-state index contributed by atoms with van der Waals surface area (Å²) in [5.41, 5.74) is -0.409. The molecule has 6 heteroatoms. The van der Waals surface area contributed by atoms with E-state index in [-0.39, 0.29) is 4.90 Å². The van der Waals surface area contributed by atoms with Gasteiger partial charge >= 0.3 is 0 Å². The van der Waals surface area contributed by atoms with Gasteiger partial charge in [0.25, 0.3) is 0 Å². The predicted molar refractivity (Wildman–Crippen MR) is 67.1 cm³/mol. The fourth-order valence-corrected chi connectivity index (χ4v) is 3.51. The Morgan fingerprint density at radius 1 is 1.31 bits per heavy atom. The molecule has 0 atom stereocenters. The molecule has 1 aromatic rings. The Hall–Kier alpha value is -0.100. The predicted octanol–water partition coefficient (Wildman–Crippen LogP) is 2.50. The van der Waals surface area contributed by atoms with Gasteiger partial charge in [0, 0.05) is 15.9 Å². The lowest BCUT2D eigenvalue weighted by Crippen LogP contribution is -2.38. The van der Waals surface area contributed by atoms with Crippen LogP contribution in [0.3, 0.4) is 0 Å². The maximum atomic E-state index is 12.0. The van der Waals surface area contributed by atoms with Crippen LogP contribution < -0.4 is 4.72 Å². The van der Waals surface area contributed by atoms with Gasteiger partial charge in [0.2, 0.25) is 10.0 Å². The smallest absolute Gasteiger partial charge is 0.207 e. The Labute approximate surface area is 108 Å². The number of halogens is 2. The lowest BCUT2D eigenvalue weighted by Gasteiger charge is -2.14. The summed E-state index contributed by atoms with van der Waals surface area (Å²) >= 11 is 9.00. The maximum absolute atomic E-state index is 12.0. The molecule has 0 aliphatic heterocycles. The SMILES string of the molecule is O=S(=O)(NC1(CCl)CC1)c1ccc(Br)cc1. The summed E-state index contributed by atoms with van der Waals surface area (Å²) in [6, 6.07) is 6.54. The fraction of sp³-hybridized carbons (Fsp3) is 0.400. The van der Waals surface area contributed by atoms with Gasteiger partial charge in [-0.1, -0.05) is 15.9 Å². The monoisotopic (exact) mass is 323 g/mol. The van der Waals surface area contributed by atoms with Gasteiger partial charge in [-0.25, -0.2) is 13.1 Å². The highest BCUT2D eigenvalue weighted by Crippen LogP contribution is 2.37. The van der Waals surface area contributed by atoms with E-state index in [1.54, 1.807) is 24.3 Å². The van der Waals surface area contributed by atoms with Crippen molar-refractivity contribution >= 4 is 37.6 Å². The Balaban J connectivity index is 2.22. The van der Waals surface area contributed by atoms with Crippen LogP contribution in [0.25, 0.3) is 0 Å². The van der Waals surface area contributed by atoms with Gasteiger partial charge in [0.05, 0.1) is 4.90 Å². The number of sulfonamides is 1. The number of rotatable bonds is 4. The molecular formula is C10H11BrClNO2S. The standard InChI is InChI=1S/C10H11BrClNO2S/c11-8-1-3-9(4-2-8)16(14,15)13-10(7-12)5-6-10/h1-4,13H,5-7H2. The van der Waals surface area contributed by atoms with Crippen LogP contribution in [0, 0.1) is 0 Å². The summed E-state index contributed by atoms with van der Waals surface area (Å²) in [5.74, 6) is 0.322.